The van der Waals surface area contributed by atoms with E-state index in [9.17, 15) is 18.4 Å². The molecular formula is C14H13F2N3O3. The van der Waals surface area contributed by atoms with Gasteiger partial charge in [-0.05, 0) is 32.0 Å². The van der Waals surface area contributed by atoms with Crippen molar-refractivity contribution in [3.63, 3.8) is 0 Å². The molecule has 0 aliphatic carbocycles. The second kappa shape index (κ2) is 5.92. The number of carbonyl (C=O) groups excluding carboxylic acids is 2. The molecule has 0 fully saturated rings. The van der Waals surface area contributed by atoms with Crippen LogP contribution in [0.25, 0.3) is 5.69 Å². The van der Waals surface area contributed by atoms with Gasteiger partial charge in [-0.1, -0.05) is 0 Å². The summed E-state index contributed by atoms with van der Waals surface area (Å²) in [4.78, 5) is 22.7. The van der Waals surface area contributed by atoms with E-state index in [-0.39, 0.29) is 11.4 Å². The van der Waals surface area contributed by atoms with Crippen LogP contribution in [0.1, 0.15) is 23.1 Å². The second-order valence-electron chi connectivity index (χ2n) is 4.63. The van der Waals surface area contributed by atoms with Crippen LogP contribution in [0.3, 0.4) is 0 Å². The fourth-order valence-corrected chi connectivity index (χ4v) is 1.75. The first-order valence-electron chi connectivity index (χ1n) is 6.32. The topological polar surface area (TPSA) is 87.2 Å². The standard InChI is InChI=1S/C14H13F2N3O3/c1-7-5-11(14(21)22-8(2)13(17)20)18-19(7)12-4-3-9(15)6-10(12)16/h3-6,8H,1-2H3,(H2,17,20). The monoisotopic (exact) mass is 309 g/mol. The van der Waals surface area contributed by atoms with Crippen molar-refractivity contribution in [2.24, 2.45) is 5.73 Å². The van der Waals surface area contributed by atoms with Crippen LogP contribution in [-0.4, -0.2) is 27.8 Å². The minimum absolute atomic E-state index is 0.0131. The Kier molecular flexibility index (Phi) is 4.20. The van der Waals surface area contributed by atoms with Crippen LogP contribution in [-0.2, 0) is 9.53 Å². The summed E-state index contributed by atoms with van der Waals surface area (Å²) < 4.78 is 32.6. The van der Waals surface area contributed by atoms with Gasteiger partial charge in [-0.3, -0.25) is 4.79 Å². The fraction of sp³-hybridized carbons (Fsp3) is 0.214. The third-order valence-electron chi connectivity index (χ3n) is 2.92. The Balaban J connectivity index is 2.32. The van der Waals surface area contributed by atoms with Gasteiger partial charge in [0.05, 0.1) is 0 Å². The Hall–Kier alpha value is -2.77. The molecule has 0 saturated heterocycles. The zero-order valence-electron chi connectivity index (χ0n) is 11.8. The number of benzene rings is 1. The largest absolute Gasteiger partial charge is 0.448 e. The Morgan fingerprint density at radius 1 is 1.32 bits per heavy atom. The quantitative estimate of drug-likeness (QED) is 0.867. The number of primary amides is 1. The molecular weight excluding hydrogens is 296 g/mol. The summed E-state index contributed by atoms with van der Waals surface area (Å²) in [5.74, 6) is -3.21. The van der Waals surface area contributed by atoms with Crippen molar-refractivity contribution < 1.29 is 23.1 Å². The first-order chi connectivity index (χ1) is 10.3. The number of hydrogen-bond donors (Lipinski definition) is 1. The smallest absolute Gasteiger partial charge is 0.359 e. The van der Waals surface area contributed by atoms with E-state index in [1.165, 1.54) is 19.1 Å². The number of hydrogen-bond acceptors (Lipinski definition) is 4. The van der Waals surface area contributed by atoms with Gasteiger partial charge in [0.2, 0.25) is 0 Å². The molecule has 1 amide bonds. The number of aryl methyl sites for hydroxylation is 1. The lowest BCUT2D eigenvalue weighted by Crippen LogP contribution is -2.30. The molecule has 1 aromatic heterocycles. The van der Waals surface area contributed by atoms with Gasteiger partial charge in [-0.15, -0.1) is 0 Å². The van der Waals surface area contributed by atoms with Crippen LogP contribution in [0.5, 0.6) is 0 Å². The summed E-state index contributed by atoms with van der Waals surface area (Å²) in [6, 6.07) is 4.35. The summed E-state index contributed by atoms with van der Waals surface area (Å²) in [6.45, 7) is 2.91. The van der Waals surface area contributed by atoms with Crippen molar-refractivity contribution in [1.29, 1.82) is 0 Å². The van der Waals surface area contributed by atoms with E-state index >= 15 is 0 Å². The second-order valence-corrected chi connectivity index (χ2v) is 4.63. The number of nitrogens with zero attached hydrogens (tertiary/aromatic N) is 2. The van der Waals surface area contributed by atoms with Gasteiger partial charge in [-0.25, -0.2) is 18.3 Å². The lowest BCUT2D eigenvalue weighted by atomic mass is 10.3. The van der Waals surface area contributed by atoms with Crippen molar-refractivity contribution in [3.8, 4) is 5.69 Å². The zero-order valence-corrected chi connectivity index (χ0v) is 11.8. The van der Waals surface area contributed by atoms with Gasteiger partial charge in [-0.2, -0.15) is 5.10 Å². The molecule has 1 heterocycles. The maximum atomic E-state index is 13.8. The van der Waals surface area contributed by atoms with Crippen molar-refractivity contribution in [3.05, 3.63) is 47.3 Å². The third-order valence-corrected chi connectivity index (χ3v) is 2.92. The van der Waals surface area contributed by atoms with Gasteiger partial charge >= 0.3 is 5.97 Å². The summed E-state index contributed by atoms with van der Waals surface area (Å²) in [5.41, 5.74) is 5.30. The van der Waals surface area contributed by atoms with E-state index in [2.05, 4.69) is 5.10 Å². The highest BCUT2D eigenvalue weighted by molar-refractivity contribution is 5.90. The molecule has 6 nitrogen and oxygen atoms in total. The van der Waals surface area contributed by atoms with Gasteiger partial charge in [0.1, 0.15) is 11.5 Å². The first kappa shape index (κ1) is 15.6. The summed E-state index contributed by atoms with van der Waals surface area (Å²) in [7, 11) is 0. The molecule has 2 aromatic rings. The fourth-order valence-electron chi connectivity index (χ4n) is 1.75. The molecule has 2 rings (SSSR count). The van der Waals surface area contributed by atoms with Crippen LogP contribution < -0.4 is 5.73 Å². The average molecular weight is 309 g/mol. The minimum atomic E-state index is -1.11. The predicted octanol–water partition coefficient (Wildman–Crippen LogP) is 1.49. The molecule has 1 atom stereocenters. The third kappa shape index (κ3) is 3.11. The molecule has 0 saturated carbocycles. The highest BCUT2D eigenvalue weighted by Crippen LogP contribution is 2.17. The van der Waals surface area contributed by atoms with E-state index in [1.54, 1.807) is 6.92 Å². The summed E-state index contributed by atoms with van der Waals surface area (Å²) in [5, 5.41) is 3.91. The number of esters is 1. The molecule has 0 radical (unpaired) electrons. The Bertz CT molecular complexity index is 743. The van der Waals surface area contributed by atoms with Crippen LogP contribution in [0.4, 0.5) is 8.78 Å². The van der Waals surface area contributed by atoms with Crippen LogP contribution >= 0.6 is 0 Å². The number of halogens is 2. The van der Waals surface area contributed by atoms with Gasteiger partial charge in [0.25, 0.3) is 5.91 Å². The van der Waals surface area contributed by atoms with Crippen molar-refractivity contribution in [1.82, 2.24) is 9.78 Å². The van der Waals surface area contributed by atoms with Crippen LogP contribution in [0, 0.1) is 18.6 Å². The molecule has 0 spiro atoms. The number of aromatic nitrogens is 2. The van der Waals surface area contributed by atoms with Gasteiger partial charge < -0.3 is 10.5 Å². The first-order valence-corrected chi connectivity index (χ1v) is 6.32. The molecule has 1 aromatic carbocycles. The van der Waals surface area contributed by atoms with E-state index < -0.39 is 29.6 Å². The SMILES string of the molecule is Cc1cc(C(=O)OC(C)C(N)=O)nn1-c1ccc(F)cc1F. The number of ether oxygens (including phenoxy) is 1. The summed E-state index contributed by atoms with van der Waals surface area (Å²) >= 11 is 0. The molecule has 0 aliphatic heterocycles. The number of rotatable bonds is 4. The van der Waals surface area contributed by atoms with E-state index in [1.807, 2.05) is 0 Å². The number of amides is 1. The maximum absolute atomic E-state index is 13.8. The van der Waals surface area contributed by atoms with E-state index in [0.29, 0.717) is 11.8 Å². The lowest BCUT2D eigenvalue weighted by molar-refractivity contribution is -0.125. The molecule has 22 heavy (non-hydrogen) atoms. The van der Waals surface area contributed by atoms with Crippen molar-refractivity contribution >= 4 is 11.9 Å². The average Bonchev–Trinajstić information content (AvgIpc) is 2.80. The highest BCUT2D eigenvalue weighted by atomic mass is 19.1. The lowest BCUT2D eigenvalue weighted by Gasteiger charge is -2.07. The van der Waals surface area contributed by atoms with Crippen molar-refractivity contribution in [2.45, 2.75) is 20.0 Å². The minimum Gasteiger partial charge on any atom is -0.448 e. The van der Waals surface area contributed by atoms with Gasteiger partial charge in [0, 0.05) is 11.8 Å². The van der Waals surface area contributed by atoms with E-state index in [0.717, 1.165) is 10.7 Å². The maximum Gasteiger partial charge on any atom is 0.359 e. The Morgan fingerprint density at radius 2 is 2.00 bits per heavy atom. The molecule has 0 aliphatic rings. The van der Waals surface area contributed by atoms with Crippen molar-refractivity contribution in [2.75, 3.05) is 0 Å². The van der Waals surface area contributed by atoms with Gasteiger partial charge in [0.15, 0.2) is 17.6 Å². The molecule has 2 N–H and O–H groups in total. The predicted molar refractivity (Wildman–Crippen MR) is 72.3 cm³/mol. The van der Waals surface area contributed by atoms with Crippen LogP contribution in [0.2, 0.25) is 0 Å². The van der Waals surface area contributed by atoms with E-state index in [4.69, 9.17) is 10.5 Å². The summed E-state index contributed by atoms with van der Waals surface area (Å²) in [6.07, 6.45) is -1.11. The molecule has 0 bridgehead atoms. The molecule has 116 valence electrons. The Morgan fingerprint density at radius 3 is 2.59 bits per heavy atom. The number of nitrogens with two attached hydrogens (primary N) is 1. The van der Waals surface area contributed by atoms with Crippen LogP contribution in [0.15, 0.2) is 24.3 Å². The number of carbonyl (C=O) groups is 2. The zero-order chi connectivity index (χ0) is 16.4. The molecule has 8 heteroatoms. The normalized spacial score (nSPS) is 12.0. The highest BCUT2D eigenvalue weighted by Gasteiger charge is 2.20. The molecule has 1 unspecified atom stereocenters. The Labute approximate surface area is 124 Å².